The number of hydrogen-bond donors (Lipinski definition) is 2. The number of aliphatic hydroxyl groups excluding tert-OH is 1. The molecule has 0 aliphatic heterocycles. The third kappa shape index (κ3) is 3.58. The van der Waals surface area contributed by atoms with Crippen LogP contribution in [0.1, 0.15) is 52.9 Å². The second-order valence-corrected chi connectivity index (χ2v) is 4.94. The summed E-state index contributed by atoms with van der Waals surface area (Å²) in [6.07, 6.45) is 5.48. The molecule has 0 aromatic carbocycles. The Kier molecular flexibility index (Phi) is 4.90. The SMILES string of the molecule is CCC(NC1CCCC(O)C1)C(C)C. The molecule has 0 saturated heterocycles. The van der Waals surface area contributed by atoms with E-state index in [1.807, 2.05) is 0 Å². The number of rotatable bonds is 4. The first kappa shape index (κ1) is 12.0. The Bertz CT molecular complexity index is 158. The van der Waals surface area contributed by atoms with Gasteiger partial charge in [0, 0.05) is 12.1 Å². The first-order valence-electron chi connectivity index (χ1n) is 6.07. The van der Waals surface area contributed by atoms with Crippen molar-refractivity contribution in [2.24, 2.45) is 5.92 Å². The molecule has 0 aromatic rings. The van der Waals surface area contributed by atoms with Crippen LogP contribution in [-0.2, 0) is 0 Å². The highest BCUT2D eigenvalue weighted by Gasteiger charge is 2.22. The molecule has 0 aromatic heterocycles. The van der Waals surface area contributed by atoms with E-state index in [9.17, 15) is 5.11 Å². The van der Waals surface area contributed by atoms with Crippen LogP contribution >= 0.6 is 0 Å². The molecule has 0 spiro atoms. The topological polar surface area (TPSA) is 32.3 Å². The van der Waals surface area contributed by atoms with Gasteiger partial charge in [-0.25, -0.2) is 0 Å². The lowest BCUT2D eigenvalue weighted by atomic mass is 9.91. The molecule has 2 N–H and O–H groups in total. The third-order valence-corrected chi connectivity index (χ3v) is 3.34. The van der Waals surface area contributed by atoms with Gasteiger partial charge in [-0.05, 0) is 38.0 Å². The van der Waals surface area contributed by atoms with Crippen molar-refractivity contribution in [1.82, 2.24) is 5.32 Å². The van der Waals surface area contributed by atoms with E-state index in [4.69, 9.17) is 0 Å². The van der Waals surface area contributed by atoms with Crippen LogP contribution in [0.5, 0.6) is 0 Å². The summed E-state index contributed by atoms with van der Waals surface area (Å²) in [7, 11) is 0. The maximum atomic E-state index is 9.56. The Labute approximate surface area is 88.1 Å². The number of hydrogen-bond acceptors (Lipinski definition) is 2. The average molecular weight is 199 g/mol. The quantitative estimate of drug-likeness (QED) is 0.728. The van der Waals surface area contributed by atoms with Crippen molar-refractivity contribution in [2.75, 3.05) is 0 Å². The second kappa shape index (κ2) is 5.72. The Morgan fingerprint density at radius 3 is 2.57 bits per heavy atom. The van der Waals surface area contributed by atoms with Crippen LogP contribution in [0, 0.1) is 5.92 Å². The van der Waals surface area contributed by atoms with Crippen molar-refractivity contribution in [1.29, 1.82) is 0 Å². The van der Waals surface area contributed by atoms with Gasteiger partial charge in [-0.1, -0.05) is 20.8 Å². The highest BCUT2D eigenvalue weighted by Crippen LogP contribution is 2.20. The number of nitrogens with one attached hydrogen (secondary N) is 1. The zero-order valence-corrected chi connectivity index (χ0v) is 9.79. The molecule has 14 heavy (non-hydrogen) atoms. The molecule has 0 radical (unpaired) electrons. The molecule has 3 unspecified atom stereocenters. The predicted octanol–water partition coefficient (Wildman–Crippen LogP) is 2.31. The fourth-order valence-electron chi connectivity index (χ4n) is 2.40. The summed E-state index contributed by atoms with van der Waals surface area (Å²) in [5.41, 5.74) is 0. The lowest BCUT2D eigenvalue weighted by Gasteiger charge is -2.32. The standard InChI is InChI=1S/C12H25NO/c1-4-12(9(2)3)13-10-6-5-7-11(14)8-10/h9-14H,4-8H2,1-3H3. The normalized spacial score (nSPS) is 30.6. The molecule has 3 atom stereocenters. The van der Waals surface area contributed by atoms with Gasteiger partial charge in [0.2, 0.25) is 0 Å². The molecule has 2 heteroatoms. The van der Waals surface area contributed by atoms with E-state index >= 15 is 0 Å². The van der Waals surface area contributed by atoms with Crippen molar-refractivity contribution in [3.8, 4) is 0 Å². The van der Waals surface area contributed by atoms with Crippen LogP contribution in [0.3, 0.4) is 0 Å². The van der Waals surface area contributed by atoms with E-state index in [1.165, 1.54) is 19.3 Å². The summed E-state index contributed by atoms with van der Waals surface area (Å²) >= 11 is 0. The smallest absolute Gasteiger partial charge is 0.0555 e. The molecule has 1 aliphatic carbocycles. The van der Waals surface area contributed by atoms with Crippen LogP contribution in [0.25, 0.3) is 0 Å². The summed E-state index contributed by atoms with van der Waals surface area (Å²) < 4.78 is 0. The van der Waals surface area contributed by atoms with E-state index in [0.29, 0.717) is 18.0 Å². The molecule has 84 valence electrons. The van der Waals surface area contributed by atoms with Gasteiger partial charge in [0.05, 0.1) is 6.10 Å². The fourth-order valence-corrected chi connectivity index (χ4v) is 2.40. The molecule has 1 saturated carbocycles. The van der Waals surface area contributed by atoms with E-state index in [1.54, 1.807) is 0 Å². The lowest BCUT2D eigenvalue weighted by molar-refractivity contribution is 0.106. The molecular formula is C12H25NO. The molecule has 0 amide bonds. The van der Waals surface area contributed by atoms with Gasteiger partial charge in [-0.3, -0.25) is 0 Å². The summed E-state index contributed by atoms with van der Waals surface area (Å²) in [6.45, 7) is 6.76. The van der Waals surface area contributed by atoms with E-state index in [0.717, 1.165) is 12.8 Å². The van der Waals surface area contributed by atoms with Crippen LogP contribution in [0.4, 0.5) is 0 Å². The Hall–Kier alpha value is -0.0800. The summed E-state index contributed by atoms with van der Waals surface area (Å²) in [5, 5.41) is 13.2. The van der Waals surface area contributed by atoms with E-state index in [2.05, 4.69) is 26.1 Å². The monoisotopic (exact) mass is 199 g/mol. The van der Waals surface area contributed by atoms with Crippen molar-refractivity contribution >= 4 is 0 Å². The second-order valence-electron chi connectivity index (χ2n) is 4.94. The first-order chi connectivity index (χ1) is 6.63. The van der Waals surface area contributed by atoms with Gasteiger partial charge in [0.1, 0.15) is 0 Å². The maximum absolute atomic E-state index is 9.56. The van der Waals surface area contributed by atoms with Gasteiger partial charge < -0.3 is 10.4 Å². The largest absolute Gasteiger partial charge is 0.393 e. The van der Waals surface area contributed by atoms with Crippen molar-refractivity contribution in [2.45, 2.75) is 71.1 Å². The van der Waals surface area contributed by atoms with Gasteiger partial charge in [-0.15, -0.1) is 0 Å². The minimum absolute atomic E-state index is 0.0640. The van der Waals surface area contributed by atoms with Crippen LogP contribution in [0.15, 0.2) is 0 Å². The Morgan fingerprint density at radius 2 is 2.07 bits per heavy atom. The molecule has 1 aliphatic rings. The highest BCUT2D eigenvalue weighted by molar-refractivity contribution is 4.81. The predicted molar refractivity (Wildman–Crippen MR) is 60.3 cm³/mol. The highest BCUT2D eigenvalue weighted by atomic mass is 16.3. The lowest BCUT2D eigenvalue weighted by Crippen LogP contribution is -2.44. The minimum atomic E-state index is -0.0640. The first-order valence-corrected chi connectivity index (χ1v) is 6.07. The molecule has 1 fully saturated rings. The summed E-state index contributed by atoms with van der Waals surface area (Å²) in [6, 6.07) is 1.16. The Morgan fingerprint density at radius 1 is 1.36 bits per heavy atom. The fraction of sp³-hybridized carbons (Fsp3) is 1.00. The van der Waals surface area contributed by atoms with Crippen molar-refractivity contribution < 1.29 is 5.11 Å². The summed E-state index contributed by atoms with van der Waals surface area (Å²) in [4.78, 5) is 0. The molecule has 1 rings (SSSR count). The molecule has 0 heterocycles. The summed E-state index contributed by atoms with van der Waals surface area (Å²) in [5.74, 6) is 0.694. The van der Waals surface area contributed by atoms with Gasteiger partial charge in [-0.2, -0.15) is 0 Å². The average Bonchev–Trinajstić information content (AvgIpc) is 2.14. The van der Waals surface area contributed by atoms with Gasteiger partial charge >= 0.3 is 0 Å². The van der Waals surface area contributed by atoms with Crippen molar-refractivity contribution in [3.63, 3.8) is 0 Å². The Balaban J connectivity index is 2.33. The molecular weight excluding hydrogens is 174 g/mol. The maximum Gasteiger partial charge on any atom is 0.0555 e. The molecule has 0 bridgehead atoms. The van der Waals surface area contributed by atoms with Crippen LogP contribution in [-0.4, -0.2) is 23.3 Å². The van der Waals surface area contributed by atoms with E-state index < -0.39 is 0 Å². The molecule has 2 nitrogen and oxygen atoms in total. The zero-order chi connectivity index (χ0) is 10.6. The minimum Gasteiger partial charge on any atom is -0.393 e. The van der Waals surface area contributed by atoms with Crippen molar-refractivity contribution in [3.05, 3.63) is 0 Å². The van der Waals surface area contributed by atoms with Crippen LogP contribution < -0.4 is 5.32 Å². The van der Waals surface area contributed by atoms with Gasteiger partial charge in [0.15, 0.2) is 0 Å². The third-order valence-electron chi connectivity index (χ3n) is 3.34. The van der Waals surface area contributed by atoms with Crippen LogP contribution in [0.2, 0.25) is 0 Å². The zero-order valence-electron chi connectivity index (χ0n) is 9.79. The van der Waals surface area contributed by atoms with Gasteiger partial charge in [0.25, 0.3) is 0 Å². The van der Waals surface area contributed by atoms with E-state index in [-0.39, 0.29) is 6.10 Å². The number of aliphatic hydroxyl groups is 1.